The van der Waals surface area contributed by atoms with E-state index in [-0.39, 0.29) is 22.9 Å². The summed E-state index contributed by atoms with van der Waals surface area (Å²) in [6, 6.07) is 16.5. The van der Waals surface area contributed by atoms with Gasteiger partial charge in [-0.15, -0.1) is 0 Å². The number of ether oxygens (including phenoxy) is 1. The fourth-order valence-corrected chi connectivity index (χ4v) is 5.54. The largest absolute Gasteiger partial charge is 1.00 e. The molecule has 0 aliphatic carbocycles. The third kappa shape index (κ3) is 13.0. The minimum absolute atomic E-state index is 0. The van der Waals surface area contributed by atoms with Crippen LogP contribution < -0.4 is 31.2 Å². The lowest BCUT2D eigenvalue weighted by molar-refractivity contribution is -0.683. The molecule has 0 atom stereocenters. The number of thiazole rings is 1. The lowest BCUT2D eigenvalue weighted by Crippen LogP contribution is -3.00. The average molecular weight is 630 g/mol. The molecule has 4 nitrogen and oxygen atoms in total. The highest BCUT2D eigenvalue weighted by Gasteiger charge is 2.13. The molecule has 0 aliphatic heterocycles. The van der Waals surface area contributed by atoms with Crippen LogP contribution in [0.15, 0.2) is 60.2 Å². The summed E-state index contributed by atoms with van der Waals surface area (Å²) in [7, 11) is 0. The standard InChI is InChI=1S/C34H49N2O2S.BrH/c1-4-5-6-7-8-9-10-11-12-13-14-15-24-38-34-22-18-32(19-23-34)27-36(30(3)37)33-20-16-31(17-21-33)26-35-25-29(2)39-28-35;/h16-23,25,28H,4-15,24,26-27H2,1-3H3;1H/q+1;/p-1. The van der Waals surface area contributed by atoms with Crippen LogP contribution in [-0.2, 0) is 17.9 Å². The molecule has 0 unspecified atom stereocenters. The third-order valence-corrected chi connectivity index (χ3v) is 8.10. The topological polar surface area (TPSA) is 33.4 Å². The summed E-state index contributed by atoms with van der Waals surface area (Å²) >= 11 is 1.75. The Labute approximate surface area is 257 Å². The predicted molar refractivity (Wildman–Crippen MR) is 165 cm³/mol. The number of aromatic nitrogens is 1. The van der Waals surface area contributed by atoms with Crippen LogP contribution in [0.25, 0.3) is 0 Å². The molecule has 0 saturated heterocycles. The number of aryl methyl sites for hydroxylation is 1. The van der Waals surface area contributed by atoms with Gasteiger partial charge in [-0.2, -0.15) is 4.57 Å². The molecule has 0 radical (unpaired) electrons. The van der Waals surface area contributed by atoms with E-state index < -0.39 is 0 Å². The highest BCUT2D eigenvalue weighted by molar-refractivity contribution is 7.09. The minimum atomic E-state index is 0. The van der Waals surface area contributed by atoms with Crippen LogP contribution in [0.3, 0.4) is 0 Å². The van der Waals surface area contributed by atoms with Crippen LogP contribution in [0.4, 0.5) is 5.69 Å². The Hall–Kier alpha value is -2.18. The third-order valence-electron chi connectivity index (χ3n) is 7.25. The molecule has 0 fully saturated rings. The van der Waals surface area contributed by atoms with E-state index in [0.29, 0.717) is 6.54 Å². The molecule has 0 saturated carbocycles. The van der Waals surface area contributed by atoms with Crippen LogP contribution >= 0.6 is 11.3 Å². The van der Waals surface area contributed by atoms with Gasteiger partial charge >= 0.3 is 0 Å². The van der Waals surface area contributed by atoms with E-state index >= 15 is 0 Å². The first-order valence-corrected chi connectivity index (χ1v) is 16.0. The van der Waals surface area contributed by atoms with Crippen molar-refractivity contribution in [2.45, 2.75) is 111 Å². The van der Waals surface area contributed by atoms with Crippen molar-refractivity contribution >= 4 is 22.9 Å². The van der Waals surface area contributed by atoms with Crippen molar-refractivity contribution in [1.82, 2.24) is 0 Å². The quantitative estimate of drug-likeness (QED) is 0.120. The van der Waals surface area contributed by atoms with E-state index in [2.05, 4.69) is 54.4 Å². The van der Waals surface area contributed by atoms with Crippen molar-refractivity contribution in [3.8, 4) is 5.75 Å². The number of rotatable bonds is 19. The summed E-state index contributed by atoms with van der Waals surface area (Å²) in [4.78, 5) is 15.6. The van der Waals surface area contributed by atoms with Gasteiger partial charge < -0.3 is 26.6 Å². The van der Waals surface area contributed by atoms with Gasteiger partial charge in [-0.05, 0) is 43.2 Å². The van der Waals surface area contributed by atoms with E-state index in [1.807, 2.05) is 29.2 Å². The number of carbonyl (C=O) groups excluding carboxylic acids is 1. The fourth-order valence-electron chi connectivity index (χ4n) is 4.91. The molecule has 6 heteroatoms. The Morgan fingerprint density at radius 1 is 0.800 bits per heavy atom. The highest BCUT2D eigenvalue weighted by Crippen LogP contribution is 2.21. The summed E-state index contributed by atoms with van der Waals surface area (Å²) in [5.41, 5.74) is 5.37. The molecule has 0 N–H and O–H groups in total. The van der Waals surface area contributed by atoms with Crippen molar-refractivity contribution < 1.29 is 31.1 Å². The average Bonchev–Trinajstić information content (AvgIpc) is 3.35. The van der Waals surface area contributed by atoms with Crippen LogP contribution in [0.2, 0.25) is 0 Å². The summed E-state index contributed by atoms with van der Waals surface area (Å²) in [5.74, 6) is 0.944. The second-order valence-corrected chi connectivity index (χ2v) is 11.9. The molecule has 0 bridgehead atoms. The predicted octanol–water partition coefficient (Wildman–Crippen LogP) is 6.03. The maximum atomic E-state index is 12.4. The Morgan fingerprint density at radius 3 is 1.88 bits per heavy atom. The van der Waals surface area contributed by atoms with Gasteiger partial charge in [-0.25, -0.2) is 0 Å². The number of halogens is 1. The number of carbonyl (C=O) groups is 1. The molecular weight excluding hydrogens is 580 g/mol. The first kappa shape index (κ1) is 34.0. The fraction of sp³-hybridized carbons (Fsp3) is 0.529. The van der Waals surface area contributed by atoms with Gasteiger partial charge in [0.2, 0.25) is 11.4 Å². The Balaban J connectivity index is 0.00000560. The minimum Gasteiger partial charge on any atom is -1.00 e. The summed E-state index contributed by atoms with van der Waals surface area (Å²) in [6.07, 6.45) is 18.4. The Morgan fingerprint density at radius 2 is 1.35 bits per heavy atom. The van der Waals surface area contributed by atoms with E-state index in [1.165, 1.54) is 81.1 Å². The van der Waals surface area contributed by atoms with E-state index in [0.717, 1.165) is 36.6 Å². The lowest BCUT2D eigenvalue weighted by atomic mass is 10.1. The second-order valence-electron chi connectivity index (χ2n) is 10.8. The number of hydrogen-bond donors (Lipinski definition) is 0. The summed E-state index contributed by atoms with van der Waals surface area (Å²) in [6.45, 7) is 8.18. The molecule has 0 aliphatic rings. The smallest absolute Gasteiger partial charge is 0.225 e. The number of nitrogens with zero attached hydrogens (tertiary/aromatic N) is 2. The molecular formula is C34H49BrN2O2S. The monoisotopic (exact) mass is 628 g/mol. The second kappa shape index (κ2) is 19.8. The Kier molecular flexibility index (Phi) is 16.9. The number of amides is 1. The van der Waals surface area contributed by atoms with Crippen LogP contribution in [0.5, 0.6) is 5.75 Å². The van der Waals surface area contributed by atoms with E-state index in [4.69, 9.17) is 4.74 Å². The number of unbranched alkanes of at least 4 members (excludes halogenated alkanes) is 11. The molecule has 2 aromatic carbocycles. The van der Waals surface area contributed by atoms with Crippen molar-refractivity contribution in [3.63, 3.8) is 0 Å². The molecule has 3 aromatic rings. The van der Waals surface area contributed by atoms with Gasteiger partial charge in [-0.1, -0.05) is 113 Å². The maximum Gasteiger partial charge on any atom is 0.225 e. The van der Waals surface area contributed by atoms with Crippen molar-refractivity contribution in [1.29, 1.82) is 0 Å². The van der Waals surface area contributed by atoms with Crippen LogP contribution in [-0.4, -0.2) is 12.5 Å². The first-order valence-electron chi connectivity index (χ1n) is 15.1. The van der Waals surface area contributed by atoms with E-state index in [9.17, 15) is 4.79 Å². The summed E-state index contributed by atoms with van der Waals surface area (Å²) in [5, 5.41) is 0. The van der Waals surface area contributed by atoms with Crippen molar-refractivity contribution in [2.75, 3.05) is 11.5 Å². The molecule has 40 heavy (non-hydrogen) atoms. The summed E-state index contributed by atoms with van der Waals surface area (Å²) < 4.78 is 8.17. The van der Waals surface area contributed by atoms with Gasteiger partial charge in [-0.3, -0.25) is 4.79 Å². The van der Waals surface area contributed by atoms with Gasteiger partial charge in [0, 0.05) is 18.2 Å². The Bertz CT molecular complexity index is 1080. The molecule has 1 amide bonds. The van der Waals surface area contributed by atoms with Crippen molar-refractivity contribution in [3.05, 3.63) is 76.2 Å². The van der Waals surface area contributed by atoms with Gasteiger partial charge in [0.25, 0.3) is 0 Å². The molecule has 1 aromatic heterocycles. The van der Waals surface area contributed by atoms with Crippen LogP contribution in [0, 0.1) is 6.92 Å². The first-order chi connectivity index (χ1) is 19.0. The SMILES string of the molecule is CCCCCCCCCCCCCCOc1ccc(CN(C(C)=O)c2ccc(C[n+]3csc(C)c3)cc2)cc1.[Br-]. The maximum absolute atomic E-state index is 12.4. The molecule has 0 spiro atoms. The zero-order chi connectivity index (χ0) is 27.7. The van der Waals surface area contributed by atoms with Crippen LogP contribution in [0.1, 0.15) is 107 Å². The lowest BCUT2D eigenvalue weighted by Gasteiger charge is -2.21. The number of hydrogen-bond acceptors (Lipinski definition) is 3. The van der Waals surface area contributed by atoms with Gasteiger partial charge in [0.05, 0.1) is 18.0 Å². The zero-order valence-corrected chi connectivity index (χ0v) is 27.3. The normalized spacial score (nSPS) is 10.8. The van der Waals surface area contributed by atoms with E-state index in [1.54, 1.807) is 18.3 Å². The highest BCUT2D eigenvalue weighted by atomic mass is 79.9. The molecule has 220 valence electrons. The molecule has 1 heterocycles. The number of benzene rings is 2. The number of anilines is 1. The molecule has 3 rings (SSSR count). The van der Waals surface area contributed by atoms with Gasteiger partial charge in [0.1, 0.15) is 5.75 Å². The van der Waals surface area contributed by atoms with Crippen molar-refractivity contribution in [2.24, 2.45) is 0 Å². The zero-order valence-electron chi connectivity index (χ0n) is 24.9. The van der Waals surface area contributed by atoms with Gasteiger partial charge in [0.15, 0.2) is 12.7 Å².